The van der Waals surface area contributed by atoms with Crippen molar-refractivity contribution < 1.29 is 0 Å². The number of nitrogens with zero attached hydrogens (tertiary/aromatic N) is 5. The molecule has 0 spiro atoms. The van der Waals surface area contributed by atoms with E-state index >= 15 is 0 Å². The summed E-state index contributed by atoms with van der Waals surface area (Å²) in [4.78, 5) is 15.5. The van der Waals surface area contributed by atoms with Crippen LogP contribution < -0.4 is 4.70 Å². The summed E-state index contributed by atoms with van der Waals surface area (Å²) in [5.74, 6) is 1.85. The average Bonchev–Trinajstić information content (AvgIpc) is 3.76. The molecule has 11 rings (SSSR count). The highest BCUT2D eigenvalue weighted by molar-refractivity contribution is 6.01. The molecule has 0 saturated heterocycles. The van der Waals surface area contributed by atoms with Gasteiger partial charge in [-0.15, -0.1) is 0 Å². The SMILES string of the molecule is c1ccc(-c2cccc(-c3nc(-c4ccc(-c5cc6ccccc6c6c5C(c5ccccc5)N=[N+]6c5ccccc5)cc4)nc(-c4cccc(-c5ccccc5)c4)n3)c2)cc1. The summed E-state index contributed by atoms with van der Waals surface area (Å²) in [6.45, 7) is 0. The van der Waals surface area contributed by atoms with Crippen molar-refractivity contribution in [1.29, 1.82) is 0 Å². The Balaban J connectivity index is 1.05. The number of para-hydroxylation sites is 1. The normalized spacial score (nSPS) is 13.2. The van der Waals surface area contributed by atoms with Gasteiger partial charge in [-0.3, -0.25) is 0 Å². The van der Waals surface area contributed by atoms with Crippen LogP contribution in [0.3, 0.4) is 0 Å². The van der Waals surface area contributed by atoms with Gasteiger partial charge in [-0.05, 0) is 78.4 Å². The highest BCUT2D eigenvalue weighted by Crippen LogP contribution is 2.50. The van der Waals surface area contributed by atoms with Crippen molar-refractivity contribution in [2.45, 2.75) is 6.04 Å². The third kappa shape index (κ3) is 6.88. The molecule has 61 heavy (non-hydrogen) atoms. The molecule has 0 bridgehead atoms. The van der Waals surface area contributed by atoms with Gasteiger partial charge in [0.1, 0.15) is 0 Å². The fourth-order valence-corrected chi connectivity index (χ4v) is 8.45. The minimum absolute atomic E-state index is 0.192. The van der Waals surface area contributed by atoms with Gasteiger partial charge in [0.25, 0.3) is 5.69 Å². The zero-order valence-corrected chi connectivity index (χ0v) is 33.2. The van der Waals surface area contributed by atoms with Gasteiger partial charge in [0.05, 0.1) is 10.9 Å². The Morgan fingerprint density at radius 3 is 1.39 bits per heavy atom. The van der Waals surface area contributed by atoms with E-state index in [0.717, 1.165) is 72.4 Å². The first-order valence-corrected chi connectivity index (χ1v) is 20.6. The molecule has 1 atom stereocenters. The molecular weight excluding hydrogens is 743 g/mol. The van der Waals surface area contributed by atoms with Gasteiger partial charge in [0, 0.05) is 28.8 Å². The fourth-order valence-electron chi connectivity index (χ4n) is 8.45. The number of aromatic nitrogens is 3. The van der Waals surface area contributed by atoms with E-state index in [-0.39, 0.29) is 6.04 Å². The van der Waals surface area contributed by atoms with Crippen LogP contribution in [0.4, 0.5) is 11.4 Å². The number of benzene rings is 9. The predicted octanol–water partition coefficient (Wildman–Crippen LogP) is 14.4. The summed E-state index contributed by atoms with van der Waals surface area (Å²) < 4.78 is 2.14. The van der Waals surface area contributed by atoms with Gasteiger partial charge in [0.15, 0.2) is 23.5 Å². The van der Waals surface area contributed by atoms with Crippen LogP contribution in [0.25, 0.3) is 78.3 Å². The van der Waals surface area contributed by atoms with Gasteiger partial charge in [-0.1, -0.05) is 188 Å². The van der Waals surface area contributed by atoms with Crippen molar-refractivity contribution >= 4 is 22.1 Å². The van der Waals surface area contributed by atoms with Crippen LogP contribution in [-0.2, 0) is 0 Å². The van der Waals surface area contributed by atoms with Gasteiger partial charge in [-0.25, -0.2) is 15.0 Å². The molecule has 5 nitrogen and oxygen atoms in total. The lowest BCUT2D eigenvalue weighted by molar-refractivity contribution is 0.776. The van der Waals surface area contributed by atoms with Crippen LogP contribution >= 0.6 is 0 Å². The fraction of sp³-hybridized carbons (Fsp3) is 0.0179. The molecule has 2 heterocycles. The van der Waals surface area contributed by atoms with Crippen molar-refractivity contribution in [2.75, 3.05) is 0 Å². The smallest absolute Gasteiger partial charge is 0.208 e. The standard InChI is InChI=1S/C56H38N5/c1-5-17-38(18-6-1)43-24-15-26-46(35-43)55-57-54(58-56(59-55)47-27-16-25-44(36-47)39-19-7-2-8-20-39)42-33-31-40(32-34-42)50-37-45-23-13-14-30-49(45)53-51(50)52(41-21-9-3-10-22-41)60-61(53)48-28-11-4-12-29-48/h1-37,52H/q+1. The van der Waals surface area contributed by atoms with E-state index in [1.165, 1.54) is 10.9 Å². The van der Waals surface area contributed by atoms with Crippen molar-refractivity contribution in [3.63, 3.8) is 0 Å². The van der Waals surface area contributed by atoms with E-state index in [1.54, 1.807) is 0 Å². The zero-order valence-electron chi connectivity index (χ0n) is 33.2. The number of hydrogen-bond donors (Lipinski definition) is 0. The minimum Gasteiger partial charge on any atom is -0.208 e. The summed E-state index contributed by atoms with van der Waals surface area (Å²) >= 11 is 0. The second-order valence-corrected chi connectivity index (χ2v) is 15.3. The number of rotatable bonds is 8. The Hall–Kier alpha value is -8.15. The lowest BCUT2D eigenvalue weighted by Crippen LogP contribution is -2.01. The van der Waals surface area contributed by atoms with E-state index in [0.29, 0.717) is 17.5 Å². The lowest BCUT2D eigenvalue weighted by atomic mass is 9.87. The quantitative estimate of drug-likeness (QED) is 0.144. The summed E-state index contributed by atoms with van der Waals surface area (Å²) in [6.07, 6.45) is 0. The van der Waals surface area contributed by atoms with Crippen molar-refractivity contribution in [3.05, 3.63) is 236 Å². The molecule has 0 amide bonds. The summed E-state index contributed by atoms with van der Waals surface area (Å²) in [7, 11) is 0. The first-order chi connectivity index (χ1) is 30.2. The number of azo groups is 2. The Morgan fingerprint density at radius 2 is 0.803 bits per heavy atom. The van der Waals surface area contributed by atoms with Crippen molar-refractivity contribution in [2.24, 2.45) is 5.11 Å². The third-order valence-corrected chi connectivity index (χ3v) is 11.4. The van der Waals surface area contributed by atoms with Crippen LogP contribution in [0.15, 0.2) is 230 Å². The maximum absolute atomic E-state index is 5.43. The van der Waals surface area contributed by atoms with Crippen LogP contribution in [0.1, 0.15) is 17.2 Å². The maximum atomic E-state index is 5.43. The van der Waals surface area contributed by atoms with Crippen LogP contribution in [0.5, 0.6) is 0 Å². The molecule has 1 aromatic heterocycles. The number of hydrogen-bond acceptors (Lipinski definition) is 4. The second-order valence-electron chi connectivity index (χ2n) is 15.3. The minimum atomic E-state index is -0.192. The zero-order chi connectivity index (χ0) is 40.5. The van der Waals surface area contributed by atoms with E-state index in [2.05, 4.69) is 211 Å². The monoisotopic (exact) mass is 780 g/mol. The third-order valence-electron chi connectivity index (χ3n) is 11.4. The Morgan fingerprint density at radius 1 is 0.344 bits per heavy atom. The molecule has 0 saturated carbocycles. The summed E-state index contributed by atoms with van der Waals surface area (Å²) in [5.41, 5.74) is 13.9. The Bertz CT molecular complexity index is 3120. The molecule has 1 aliphatic rings. The van der Waals surface area contributed by atoms with Crippen molar-refractivity contribution in [1.82, 2.24) is 19.6 Å². The topological polar surface area (TPSA) is 54.0 Å². The predicted molar refractivity (Wildman–Crippen MR) is 249 cm³/mol. The van der Waals surface area contributed by atoms with E-state index in [4.69, 9.17) is 20.1 Å². The molecule has 1 aliphatic heterocycles. The van der Waals surface area contributed by atoms with Crippen LogP contribution in [-0.4, -0.2) is 15.0 Å². The molecular formula is C56H38N5+. The molecule has 0 N–H and O–H groups in total. The lowest BCUT2D eigenvalue weighted by Gasteiger charge is -2.14. The van der Waals surface area contributed by atoms with Gasteiger partial charge < -0.3 is 0 Å². The molecule has 0 radical (unpaired) electrons. The molecule has 0 fully saturated rings. The Labute approximate surface area is 354 Å². The first-order valence-electron chi connectivity index (χ1n) is 20.6. The van der Waals surface area contributed by atoms with E-state index in [9.17, 15) is 0 Å². The van der Waals surface area contributed by atoms with Gasteiger partial charge in [-0.2, -0.15) is 0 Å². The average molecular weight is 781 g/mol. The second kappa shape index (κ2) is 15.6. The van der Waals surface area contributed by atoms with E-state index < -0.39 is 0 Å². The summed E-state index contributed by atoms with van der Waals surface area (Å²) in [6, 6.07) is 78.2. The largest absolute Gasteiger partial charge is 0.252 e. The molecule has 10 aromatic rings. The molecule has 286 valence electrons. The summed E-state index contributed by atoms with van der Waals surface area (Å²) in [5, 5.41) is 7.76. The van der Waals surface area contributed by atoms with Crippen molar-refractivity contribution in [3.8, 4) is 67.5 Å². The number of fused-ring (bicyclic) bond motifs is 3. The van der Waals surface area contributed by atoms with Gasteiger partial charge in [0.2, 0.25) is 5.69 Å². The highest BCUT2D eigenvalue weighted by atomic mass is 15.3. The molecule has 5 heteroatoms. The van der Waals surface area contributed by atoms with Gasteiger partial charge >= 0.3 is 0 Å². The van der Waals surface area contributed by atoms with Crippen LogP contribution in [0.2, 0.25) is 0 Å². The van der Waals surface area contributed by atoms with E-state index in [1.807, 2.05) is 18.2 Å². The first kappa shape index (κ1) is 36.0. The molecule has 1 unspecified atom stereocenters. The molecule has 0 aliphatic carbocycles. The maximum Gasteiger partial charge on any atom is 0.252 e. The Kier molecular flexibility index (Phi) is 9.17. The highest BCUT2D eigenvalue weighted by Gasteiger charge is 2.39. The molecule has 9 aromatic carbocycles. The van der Waals surface area contributed by atoms with Crippen LogP contribution in [0, 0.1) is 0 Å².